The Bertz CT molecular complexity index is 705. The molecule has 6 heteroatoms. The summed E-state index contributed by atoms with van der Waals surface area (Å²) in [4.78, 5) is 1.73. The van der Waals surface area contributed by atoms with Crippen molar-refractivity contribution < 1.29 is 8.42 Å². The highest BCUT2D eigenvalue weighted by atomic mass is 79.9. The standard InChI is InChI=1S/C15H16BrNO2S2/c16-13-4-1-2-6-15(13)21(18,19)17-9-7-12(8-10-17)14-5-3-11-20-14/h1-6,11-12H,7-10H2. The maximum Gasteiger partial charge on any atom is 0.244 e. The average Bonchev–Trinajstić information content (AvgIpc) is 3.02. The number of benzene rings is 1. The van der Waals surface area contributed by atoms with Gasteiger partial charge in [0.1, 0.15) is 0 Å². The minimum absolute atomic E-state index is 0.361. The maximum absolute atomic E-state index is 12.7. The molecule has 21 heavy (non-hydrogen) atoms. The smallest absolute Gasteiger partial charge is 0.207 e. The van der Waals surface area contributed by atoms with Crippen molar-refractivity contribution in [2.45, 2.75) is 23.7 Å². The second-order valence-corrected chi connectivity index (χ2v) is 8.86. The highest BCUT2D eigenvalue weighted by Crippen LogP contribution is 2.34. The van der Waals surface area contributed by atoms with Crippen molar-refractivity contribution in [2.75, 3.05) is 13.1 Å². The van der Waals surface area contributed by atoms with Crippen LogP contribution in [0.1, 0.15) is 23.6 Å². The molecule has 1 aliphatic rings. The van der Waals surface area contributed by atoms with Gasteiger partial charge in [0.2, 0.25) is 10.0 Å². The van der Waals surface area contributed by atoms with Crippen LogP contribution in [0.15, 0.2) is 51.1 Å². The van der Waals surface area contributed by atoms with Crippen LogP contribution in [0.25, 0.3) is 0 Å². The van der Waals surface area contributed by atoms with Crippen LogP contribution in [0.5, 0.6) is 0 Å². The van der Waals surface area contributed by atoms with E-state index in [9.17, 15) is 8.42 Å². The zero-order valence-corrected chi connectivity index (χ0v) is 14.6. The maximum atomic E-state index is 12.7. The largest absolute Gasteiger partial charge is 0.244 e. The van der Waals surface area contributed by atoms with Gasteiger partial charge in [-0.05, 0) is 58.3 Å². The Hall–Kier alpha value is -0.690. The zero-order valence-electron chi connectivity index (χ0n) is 11.4. The lowest BCUT2D eigenvalue weighted by Gasteiger charge is -2.31. The number of hydrogen-bond donors (Lipinski definition) is 0. The first kappa shape index (κ1) is 15.2. The van der Waals surface area contributed by atoms with Crippen molar-refractivity contribution in [1.82, 2.24) is 4.31 Å². The molecule has 1 aromatic heterocycles. The third-order valence-corrected chi connectivity index (χ3v) is 7.80. The van der Waals surface area contributed by atoms with Crippen molar-refractivity contribution in [3.8, 4) is 0 Å². The van der Waals surface area contributed by atoms with Crippen LogP contribution in [-0.4, -0.2) is 25.8 Å². The van der Waals surface area contributed by atoms with Gasteiger partial charge in [0.05, 0.1) is 4.90 Å². The molecule has 0 radical (unpaired) electrons. The molecule has 112 valence electrons. The Labute approximate surface area is 137 Å². The highest BCUT2D eigenvalue weighted by molar-refractivity contribution is 9.10. The van der Waals surface area contributed by atoms with Crippen molar-refractivity contribution in [1.29, 1.82) is 0 Å². The predicted molar refractivity (Wildman–Crippen MR) is 89.2 cm³/mol. The van der Waals surface area contributed by atoms with Crippen LogP contribution >= 0.6 is 27.3 Å². The van der Waals surface area contributed by atoms with E-state index in [0.717, 1.165) is 12.8 Å². The predicted octanol–water partition coefficient (Wildman–Crippen LogP) is 4.08. The quantitative estimate of drug-likeness (QED) is 0.797. The SMILES string of the molecule is O=S(=O)(c1ccccc1Br)N1CCC(c2cccs2)CC1. The lowest BCUT2D eigenvalue weighted by Crippen LogP contribution is -2.37. The number of hydrogen-bond acceptors (Lipinski definition) is 3. The van der Waals surface area contributed by atoms with Gasteiger partial charge in [-0.1, -0.05) is 18.2 Å². The van der Waals surface area contributed by atoms with Gasteiger partial charge in [0, 0.05) is 22.4 Å². The topological polar surface area (TPSA) is 37.4 Å². The number of halogens is 1. The second-order valence-electron chi connectivity index (χ2n) is 5.12. The van der Waals surface area contributed by atoms with E-state index in [2.05, 4.69) is 33.4 Å². The molecule has 1 aliphatic heterocycles. The first-order valence-corrected chi connectivity index (χ1v) is 9.98. The van der Waals surface area contributed by atoms with E-state index in [1.54, 1.807) is 33.8 Å². The van der Waals surface area contributed by atoms with Gasteiger partial charge >= 0.3 is 0 Å². The zero-order chi connectivity index (χ0) is 14.9. The lowest BCUT2D eigenvalue weighted by molar-refractivity contribution is 0.321. The molecule has 0 N–H and O–H groups in total. The summed E-state index contributed by atoms with van der Waals surface area (Å²) in [6, 6.07) is 11.2. The molecule has 0 amide bonds. The van der Waals surface area contributed by atoms with Gasteiger partial charge < -0.3 is 0 Å². The van der Waals surface area contributed by atoms with Crippen LogP contribution in [-0.2, 0) is 10.0 Å². The molecule has 0 spiro atoms. The minimum atomic E-state index is -3.40. The van der Waals surface area contributed by atoms with Gasteiger partial charge in [-0.3, -0.25) is 0 Å². The summed E-state index contributed by atoms with van der Waals surface area (Å²) in [5.41, 5.74) is 0. The molecule has 0 aliphatic carbocycles. The molecule has 2 heterocycles. The molecule has 3 rings (SSSR count). The molecule has 1 saturated heterocycles. The molecule has 1 fully saturated rings. The number of rotatable bonds is 3. The fraction of sp³-hybridized carbons (Fsp3) is 0.333. The van der Waals surface area contributed by atoms with Gasteiger partial charge in [0.25, 0.3) is 0 Å². The summed E-state index contributed by atoms with van der Waals surface area (Å²) in [6.07, 6.45) is 1.79. The van der Waals surface area contributed by atoms with Crippen molar-refractivity contribution >= 4 is 37.3 Å². The van der Waals surface area contributed by atoms with Gasteiger partial charge in [-0.15, -0.1) is 11.3 Å². The number of nitrogens with zero attached hydrogens (tertiary/aromatic N) is 1. The van der Waals surface area contributed by atoms with Gasteiger partial charge in [-0.25, -0.2) is 8.42 Å². The van der Waals surface area contributed by atoms with Crippen LogP contribution in [0.2, 0.25) is 0 Å². The summed E-state index contributed by atoms with van der Waals surface area (Å²) in [7, 11) is -3.40. The molecular formula is C15H16BrNO2S2. The van der Waals surface area contributed by atoms with Crippen LogP contribution in [0, 0.1) is 0 Å². The van der Waals surface area contributed by atoms with Crippen LogP contribution in [0.4, 0.5) is 0 Å². The molecule has 0 bridgehead atoms. The van der Waals surface area contributed by atoms with E-state index in [1.807, 2.05) is 6.07 Å². The molecule has 0 saturated carbocycles. The monoisotopic (exact) mass is 385 g/mol. The molecule has 2 aromatic rings. The molecule has 3 nitrogen and oxygen atoms in total. The molecule has 1 aromatic carbocycles. The van der Waals surface area contributed by atoms with E-state index >= 15 is 0 Å². The van der Waals surface area contributed by atoms with Crippen LogP contribution in [0.3, 0.4) is 0 Å². The van der Waals surface area contributed by atoms with Gasteiger partial charge in [0.15, 0.2) is 0 Å². The van der Waals surface area contributed by atoms with E-state index in [-0.39, 0.29) is 0 Å². The first-order chi connectivity index (χ1) is 10.1. The highest BCUT2D eigenvalue weighted by Gasteiger charge is 2.31. The van der Waals surface area contributed by atoms with Gasteiger partial charge in [-0.2, -0.15) is 4.31 Å². The third kappa shape index (κ3) is 3.08. The van der Waals surface area contributed by atoms with E-state index in [4.69, 9.17) is 0 Å². The Morgan fingerprint density at radius 2 is 1.81 bits per heavy atom. The normalized spacial score (nSPS) is 18.0. The number of sulfonamides is 1. The fourth-order valence-corrected chi connectivity index (χ4v) is 6.03. The lowest BCUT2D eigenvalue weighted by atomic mass is 9.97. The Morgan fingerprint density at radius 3 is 2.43 bits per heavy atom. The summed E-state index contributed by atoms with van der Waals surface area (Å²) in [5, 5.41) is 2.08. The third-order valence-electron chi connectivity index (χ3n) is 3.85. The molecular weight excluding hydrogens is 370 g/mol. The minimum Gasteiger partial charge on any atom is -0.207 e. The van der Waals surface area contributed by atoms with Crippen LogP contribution < -0.4 is 0 Å². The summed E-state index contributed by atoms with van der Waals surface area (Å²) in [5.74, 6) is 0.496. The Kier molecular flexibility index (Phi) is 4.49. The summed E-state index contributed by atoms with van der Waals surface area (Å²) >= 11 is 5.10. The van der Waals surface area contributed by atoms with Crippen molar-refractivity contribution in [3.63, 3.8) is 0 Å². The van der Waals surface area contributed by atoms with E-state index in [0.29, 0.717) is 28.4 Å². The first-order valence-electron chi connectivity index (χ1n) is 6.87. The average molecular weight is 386 g/mol. The van der Waals surface area contributed by atoms with Crippen molar-refractivity contribution in [2.24, 2.45) is 0 Å². The Balaban J connectivity index is 1.76. The Morgan fingerprint density at radius 1 is 1.10 bits per heavy atom. The number of thiophene rings is 1. The fourth-order valence-electron chi connectivity index (χ4n) is 2.70. The summed E-state index contributed by atoms with van der Waals surface area (Å²) < 4.78 is 27.6. The second kappa shape index (κ2) is 6.20. The summed E-state index contributed by atoms with van der Waals surface area (Å²) in [6.45, 7) is 1.18. The molecule has 0 unspecified atom stereocenters. The van der Waals surface area contributed by atoms with E-state index < -0.39 is 10.0 Å². The van der Waals surface area contributed by atoms with E-state index in [1.165, 1.54) is 4.88 Å². The molecule has 0 atom stereocenters. The number of piperidine rings is 1. The van der Waals surface area contributed by atoms with Crippen molar-refractivity contribution in [3.05, 3.63) is 51.1 Å².